The fourth-order valence-corrected chi connectivity index (χ4v) is 3.59. The number of hydrogen-bond acceptors (Lipinski definition) is 8. The second-order valence-corrected chi connectivity index (χ2v) is 7.71. The maximum Gasteiger partial charge on any atom is 0.321 e. The van der Waals surface area contributed by atoms with Crippen LogP contribution in [0.25, 0.3) is 0 Å². The number of thioether (sulfide) groups is 1. The number of nitrogens with zero attached hydrogens (tertiary/aromatic N) is 2. The molecule has 138 valence electrons. The summed E-state index contributed by atoms with van der Waals surface area (Å²) in [5.41, 5.74) is 0.802. The summed E-state index contributed by atoms with van der Waals surface area (Å²) in [7, 11) is 0. The lowest BCUT2D eigenvalue weighted by atomic mass is 10.3. The number of rotatable bonds is 8. The van der Waals surface area contributed by atoms with Crippen molar-refractivity contribution in [2.75, 3.05) is 17.7 Å². The summed E-state index contributed by atoms with van der Waals surface area (Å²) in [5.74, 6) is 0.474. The van der Waals surface area contributed by atoms with Crippen molar-refractivity contribution in [2.45, 2.75) is 30.1 Å². The number of nitrogens with one attached hydrogen (secondary N) is 3. The minimum atomic E-state index is -0.440. The van der Waals surface area contributed by atoms with Gasteiger partial charge in [0, 0.05) is 6.04 Å². The van der Waals surface area contributed by atoms with Gasteiger partial charge in [0.25, 0.3) is 0 Å². The van der Waals surface area contributed by atoms with Crippen molar-refractivity contribution in [3.05, 3.63) is 24.3 Å². The highest BCUT2D eigenvalue weighted by Gasteiger charge is 2.23. The lowest BCUT2D eigenvalue weighted by Crippen LogP contribution is -2.41. The molecule has 2 aromatic rings. The van der Waals surface area contributed by atoms with E-state index in [0.717, 1.165) is 24.3 Å². The van der Waals surface area contributed by atoms with Crippen molar-refractivity contribution in [2.24, 2.45) is 0 Å². The summed E-state index contributed by atoms with van der Waals surface area (Å²) >= 11 is 2.56. The number of aromatic nitrogens is 2. The van der Waals surface area contributed by atoms with E-state index < -0.39 is 6.03 Å². The zero-order valence-corrected chi connectivity index (χ0v) is 15.8. The minimum Gasteiger partial charge on any atom is -0.492 e. The molecule has 0 spiro atoms. The lowest BCUT2D eigenvalue weighted by molar-refractivity contribution is -0.117. The Morgan fingerprint density at radius 1 is 1.31 bits per heavy atom. The van der Waals surface area contributed by atoms with Gasteiger partial charge in [0.15, 0.2) is 4.34 Å². The highest BCUT2D eigenvalue weighted by atomic mass is 32.2. The fourth-order valence-electron chi connectivity index (χ4n) is 2.02. The van der Waals surface area contributed by atoms with Gasteiger partial charge >= 0.3 is 6.03 Å². The Morgan fingerprint density at radius 3 is 2.88 bits per heavy atom. The Balaban J connectivity index is 1.48. The molecule has 3 rings (SSSR count). The topological polar surface area (TPSA) is 105 Å². The van der Waals surface area contributed by atoms with Gasteiger partial charge in [-0.25, -0.2) is 4.79 Å². The summed E-state index contributed by atoms with van der Waals surface area (Å²) in [6.45, 7) is 2.49. The van der Waals surface area contributed by atoms with E-state index in [4.69, 9.17) is 4.74 Å². The predicted octanol–water partition coefficient (Wildman–Crippen LogP) is 2.76. The number of anilines is 2. The first-order chi connectivity index (χ1) is 12.6. The fraction of sp³-hybridized carbons (Fsp3) is 0.375. The number of ether oxygens (including phenoxy) is 1. The van der Waals surface area contributed by atoms with Crippen molar-refractivity contribution < 1.29 is 14.3 Å². The van der Waals surface area contributed by atoms with E-state index in [1.165, 1.54) is 23.1 Å². The summed E-state index contributed by atoms with van der Waals surface area (Å²) < 4.78 is 6.20. The highest BCUT2D eigenvalue weighted by molar-refractivity contribution is 8.01. The van der Waals surface area contributed by atoms with Crippen LogP contribution in [0.5, 0.6) is 5.75 Å². The second kappa shape index (κ2) is 8.86. The molecule has 0 atom stereocenters. The number of carbonyl (C=O) groups is 2. The predicted molar refractivity (Wildman–Crippen MR) is 101 cm³/mol. The smallest absolute Gasteiger partial charge is 0.321 e. The van der Waals surface area contributed by atoms with E-state index in [2.05, 4.69) is 26.1 Å². The molecule has 10 heteroatoms. The van der Waals surface area contributed by atoms with Crippen LogP contribution in [0.2, 0.25) is 0 Å². The molecule has 0 unspecified atom stereocenters. The Bertz CT molecular complexity index is 779. The molecule has 0 aliphatic heterocycles. The molecule has 1 fully saturated rings. The van der Waals surface area contributed by atoms with Gasteiger partial charge in [-0.1, -0.05) is 35.2 Å². The minimum absolute atomic E-state index is 0.0995. The van der Waals surface area contributed by atoms with Crippen LogP contribution >= 0.6 is 23.1 Å². The highest BCUT2D eigenvalue weighted by Crippen LogP contribution is 2.31. The summed E-state index contributed by atoms with van der Waals surface area (Å²) in [6, 6.07) is 7.34. The van der Waals surface area contributed by atoms with Gasteiger partial charge < -0.3 is 15.4 Å². The Hall–Kier alpha value is -2.33. The van der Waals surface area contributed by atoms with Crippen molar-refractivity contribution in [1.29, 1.82) is 0 Å². The van der Waals surface area contributed by atoms with Crippen LogP contribution in [-0.2, 0) is 4.79 Å². The number of hydrogen-bond donors (Lipinski definition) is 3. The third-order valence-corrected chi connectivity index (χ3v) is 5.30. The third-order valence-electron chi connectivity index (χ3n) is 3.33. The first-order valence-corrected chi connectivity index (χ1v) is 9.99. The molecule has 26 heavy (non-hydrogen) atoms. The first kappa shape index (κ1) is 18.5. The van der Waals surface area contributed by atoms with Gasteiger partial charge in [0.1, 0.15) is 5.75 Å². The molecule has 3 amide bonds. The molecule has 0 bridgehead atoms. The van der Waals surface area contributed by atoms with Gasteiger partial charge in [-0.2, -0.15) is 0 Å². The van der Waals surface area contributed by atoms with E-state index >= 15 is 0 Å². The molecule has 1 saturated carbocycles. The molecule has 3 N–H and O–H groups in total. The van der Waals surface area contributed by atoms with Crippen LogP contribution in [-0.4, -0.2) is 40.5 Å². The number of benzene rings is 1. The monoisotopic (exact) mass is 393 g/mol. The maximum absolute atomic E-state index is 11.8. The lowest BCUT2D eigenvalue weighted by Gasteiger charge is -2.09. The van der Waals surface area contributed by atoms with Crippen molar-refractivity contribution in [1.82, 2.24) is 20.8 Å². The molecule has 0 saturated heterocycles. The van der Waals surface area contributed by atoms with Crippen molar-refractivity contribution in [3.8, 4) is 5.75 Å². The van der Waals surface area contributed by atoms with Crippen LogP contribution in [0.15, 0.2) is 28.6 Å². The van der Waals surface area contributed by atoms with Gasteiger partial charge in [0.2, 0.25) is 11.0 Å². The van der Waals surface area contributed by atoms with Gasteiger partial charge in [-0.3, -0.25) is 10.1 Å². The quantitative estimate of drug-likeness (QED) is 0.592. The van der Waals surface area contributed by atoms with Gasteiger partial charge in [-0.05, 0) is 31.9 Å². The number of imide groups is 1. The van der Waals surface area contributed by atoms with Crippen LogP contribution in [0.4, 0.5) is 15.6 Å². The second-order valence-electron chi connectivity index (χ2n) is 5.51. The molecule has 1 heterocycles. The summed E-state index contributed by atoms with van der Waals surface area (Å²) in [4.78, 5) is 23.3. The van der Waals surface area contributed by atoms with E-state index in [-0.39, 0.29) is 17.7 Å². The zero-order chi connectivity index (χ0) is 18.4. The molecule has 8 nitrogen and oxygen atoms in total. The summed E-state index contributed by atoms with van der Waals surface area (Å²) in [6.07, 6.45) is 1.95. The number of amides is 3. The van der Waals surface area contributed by atoms with Crippen molar-refractivity contribution in [3.63, 3.8) is 0 Å². The summed E-state index contributed by atoms with van der Waals surface area (Å²) in [5, 5.41) is 16.9. The van der Waals surface area contributed by atoms with E-state index in [0.29, 0.717) is 16.1 Å². The standard InChI is InChI=1S/C16H19N5O3S2/c1-2-24-12-6-4-3-5-11(12)18-15-20-21-16(26-15)25-9-13(22)19-14(23)17-10-7-8-10/h3-6,10H,2,7-9H2,1H3,(H,18,20)(H2,17,19,22,23). The SMILES string of the molecule is CCOc1ccccc1Nc1nnc(SCC(=O)NC(=O)NC2CC2)s1. The van der Waals surface area contributed by atoms with Crippen LogP contribution in [0.3, 0.4) is 0 Å². The largest absolute Gasteiger partial charge is 0.492 e. The molecule has 1 aliphatic rings. The molecule has 1 aromatic carbocycles. The molecule has 1 aromatic heterocycles. The van der Waals surface area contributed by atoms with E-state index in [9.17, 15) is 9.59 Å². The molecule has 1 aliphatic carbocycles. The average molecular weight is 393 g/mol. The van der Waals surface area contributed by atoms with Gasteiger partial charge in [-0.15, -0.1) is 10.2 Å². The normalized spacial score (nSPS) is 13.1. The molecular formula is C16H19N5O3S2. The number of urea groups is 1. The van der Waals surface area contributed by atoms with E-state index in [1.54, 1.807) is 0 Å². The van der Waals surface area contributed by atoms with Crippen LogP contribution in [0, 0.1) is 0 Å². The average Bonchev–Trinajstić information content (AvgIpc) is 3.31. The van der Waals surface area contributed by atoms with Crippen LogP contribution < -0.4 is 20.7 Å². The zero-order valence-electron chi connectivity index (χ0n) is 14.2. The van der Waals surface area contributed by atoms with Gasteiger partial charge in [0.05, 0.1) is 18.0 Å². The molecular weight excluding hydrogens is 374 g/mol. The number of carbonyl (C=O) groups excluding carboxylic acids is 2. The third kappa shape index (κ3) is 5.60. The van der Waals surface area contributed by atoms with E-state index in [1.807, 2.05) is 31.2 Å². The van der Waals surface area contributed by atoms with Crippen molar-refractivity contribution >= 4 is 45.9 Å². The van der Waals surface area contributed by atoms with Crippen LogP contribution in [0.1, 0.15) is 19.8 Å². The Labute approximate surface area is 159 Å². The molecule has 0 radical (unpaired) electrons. The number of para-hydroxylation sites is 2. The maximum atomic E-state index is 11.8. The first-order valence-electron chi connectivity index (χ1n) is 8.19. The Morgan fingerprint density at radius 2 is 2.12 bits per heavy atom. The Kier molecular flexibility index (Phi) is 6.29.